The molecule has 1 aliphatic rings. The second-order valence-electron chi connectivity index (χ2n) is 10.9. The van der Waals surface area contributed by atoms with E-state index in [1.54, 1.807) is 4.90 Å². The van der Waals surface area contributed by atoms with E-state index in [4.69, 9.17) is 13.9 Å². The smallest absolute Gasteiger partial charge is 0.410 e. The van der Waals surface area contributed by atoms with Crippen molar-refractivity contribution in [1.82, 2.24) is 10.2 Å². The zero-order valence-electron chi connectivity index (χ0n) is 20.9. The van der Waals surface area contributed by atoms with Crippen molar-refractivity contribution in [2.45, 2.75) is 90.4 Å². The summed E-state index contributed by atoms with van der Waals surface area (Å²) in [5, 5.41) is 2.97. The average molecular weight is 465 g/mol. The lowest BCUT2D eigenvalue weighted by molar-refractivity contribution is 0.0197. The number of nitrogens with one attached hydrogen (secondary N) is 1. The highest BCUT2D eigenvalue weighted by molar-refractivity contribution is 6.74. The fraction of sp³-hybridized carbons (Fsp3) is 0.667. The number of ether oxygens (including phenoxy) is 2. The minimum absolute atomic E-state index is 0.000433. The predicted molar refractivity (Wildman–Crippen MR) is 128 cm³/mol. The number of carbonyl (C=O) groups is 2. The van der Waals surface area contributed by atoms with Crippen LogP contribution in [0.15, 0.2) is 30.3 Å². The van der Waals surface area contributed by atoms with Gasteiger partial charge >= 0.3 is 12.2 Å². The van der Waals surface area contributed by atoms with Gasteiger partial charge in [0.2, 0.25) is 0 Å². The van der Waals surface area contributed by atoms with E-state index in [1.165, 1.54) is 0 Å². The molecule has 1 heterocycles. The van der Waals surface area contributed by atoms with E-state index in [2.05, 4.69) is 39.2 Å². The number of hydrogen-bond acceptors (Lipinski definition) is 5. The number of piperidine rings is 1. The molecule has 0 radical (unpaired) electrons. The molecule has 180 valence electrons. The molecule has 0 bridgehead atoms. The van der Waals surface area contributed by atoms with Crippen molar-refractivity contribution in [2.24, 2.45) is 0 Å². The number of rotatable bonds is 5. The van der Waals surface area contributed by atoms with Gasteiger partial charge in [-0.2, -0.15) is 0 Å². The normalized spacial score (nSPS) is 19.9. The van der Waals surface area contributed by atoms with Gasteiger partial charge in [0.15, 0.2) is 8.32 Å². The Bertz CT molecular complexity index is 771. The molecule has 0 spiro atoms. The maximum atomic E-state index is 12.7. The summed E-state index contributed by atoms with van der Waals surface area (Å²) in [6.45, 7) is 17.4. The molecule has 1 saturated heterocycles. The molecule has 1 aromatic carbocycles. The number of hydrogen-bond donors (Lipinski definition) is 1. The predicted octanol–water partition coefficient (Wildman–Crippen LogP) is 5.31. The molecule has 0 saturated carbocycles. The lowest BCUT2D eigenvalue weighted by Gasteiger charge is -2.45. The van der Waals surface area contributed by atoms with Crippen LogP contribution in [0.3, 0.4) is 0 Å². The standard InChI is InChI=1S/C24H40N2O5Si/c1-23(2,3)30-21(27)25-19-14-15-26(16-20(19)31-32(7,8)24(4,5)6)22(28)29-17-18-12-10-9-11-13-18/h9-13,19-20H,14-17H2,1-8H3,(H,25,27)/t19-,20-/m0/s1. The van der Waals surface area contributed by atoms with Crippen LogP contribution in [-0.2, 0) is 20.5 Å². The first kappa shape index (κ1) is 26.2. The first-order valence-corrected chi connectivity index (χ1v) is 14.2. The van der Waals surface area contributed by atoms with Gasteiger partial charge in [-0.15, -0.1) is 0 Å². The molecule has 1 aliphatic heterocycles. The summed E-state index contributed by atoms with van der Waals surface area (Å²) in [5.41, 5.74) is 0.360. The molecule has 2 atom stereocenters. The number of amides is 2. The Morgan fingerprint density at radius 2 is 1.72 bits per heavy atom. The lowest BCUT2D eigenvalue weighted by Crippen LogP contribution is -2.60. The van der Waals surface area contributed by atoms with Gasteiger partial charge in [0.1, 0.15) is 12.2 Å². The van der Waals surface area contributed by atoms with Crippen molar-refractivity contribution >= 4 is 20.5 Å². The fourth-order valence-corrected chi connectivity index (χ4v) is 4.54. The summed E-state index contributed by atoms with van der Waals surface area (Å²) in [4.78, 5) is 26.8. The van der Waals surface area contributed by atoms with E-state index in [0.29, 0.717) is 19.5 Å². The van der Waals surface area contributed by atoms with Crippen LogP contribution in [0.1, 0.15) is 53.5 Å². The Morgan fingerprint density at radius 3 is 2.28 bits per heavy atom. The molecule has 7 nitrogen and oxygen atoms in total. The Labute approximate surface area is 193 Å². The van der Waals surface area contributed by atoms with Gasteiger partial charge in [-0.3, -0.25) is 0 Å². The van der Waals surface area contributed by atoms with Crippen molar-refractivity contribution in [3.05, 3.63) is 35.9 Å². The number of benzene rings is 1. The van der Waals surface area contributed by atoms with Crippen LogP contribution in [0.25, 0.3) is 0 Å². The number of alkyl carbamates (subject to hydrolysis) is 1. The summed E-state index contributed by atoms with van der Waals surface area (Å²) >= 11 is 0. The van der Waals surface area contributed by atoms with Gasteiger partial charge in [0.25, 0.3) is 0 Å². The van der Waals surface area contributed by atoms with Crippen LogP contribution in [-0.4, -0.2) is 56.2 Å². The van der Waals surface area contributed by atoms with Gasteiger partial charge in [-0.05, 0) is 50.9 Å². The Hall–Kier alpha value is -2.06. The Balaban J connectivity index is 2.08. The van der Waals surface area contributed by atoms with Crippen LogP contribution in [0.5, 0.6) is 0 Å². The monoisotopic (exact) mass is 464 g/mol. The van der Waals surface area contributed by atoms with E-state index in [0.717, 1.165) is 5.56 Å². The maximum Gasteiger partial charge on any atom is 0.410 e. The van der Waals surface area contributed by atoms with Crippen molar-refractivity contribution < 1.29 is 23.5 Å². The molecular formula is C24H40N2O5Si. The second kappa shape index (κ2) is 10.3. The van der Waals surface area contributed by atoms with Gasteiger partial charge in [-0.25, -0.2) is 9.59 Å². The van der Waals surface area contributed by atoms with Gasteiger partial charge < -0.3 is 24.1 Å². The molecule has 2 rings (SSSR count). The SMILES string of the molecule is CC(C)(C)OC(=O)N[C@H]1CCN(C(=O)OCc2ccccc2)C[C@@H]1O[Si](C)(C)C(C)(C)C. The zero-order chi connectivity index (χ0) is 24.2. The fourth-order valence-electron chi connectivity index (χ4n) is 3.19. The highest BCUT2D eigenvalue weighted by Gasteiger charge is 2.43. The molecule has 0 aliphatic carbocycles. The average Bonchev–Trinajstić information content (AvgIpc) is 2.65. The summed E-state index contributed by atoms with van der Waals surface area (Å²) in [5.74, 6) is 0. The molecule has 1 N–H and O–H groups in total. The van der Waals surface area contributed by atoms with Gasteiger partial charge in [0.05, 0.1) is 18.7 Å². The summed E-state index contributed by atoms with van der Waals surface area (Å²) in [7, 11) is -2.14. The van der Waals surface area contributed by atoms with Gasteiger partial charge in [-0.1, -0.05) is 51.1 Å². The Morgan fingerprint density at radius 1 is 1.09 bits per heavy atom. The van der Waals surface area contributed by atoms with E-state index in [-0.39, 0.29) is 29.9 Å². The maximum absolute atomic E-state index is 12.7. The number of likely N-dealkylation sites (tertiary alicyclic amines) is 1. The van der Waals surface area contributed by atoms with Crippen LogP contribution >= 0.6 is 0 Å². The number of nitrogens with zero attached hydrogens (tertiary/aromatic N) is 1. The van der Waals surface area contributed by atoms with Crippen molar-refractivity contribution in [3.63, 3.8) is 0 Å². The van der Waals surface area contributed by atoms with Crippen LogP contribution < -0.4 is 5.32 Å². The molecule has 1 fully saturated rings. The van der Waals surface area contributed by atoms with Crippen molar-refractivity contribution in [2.75, 3.05) is 13.1 Å². The van der Waals surface area contributed by atoms with Crippen LogP contribution in [0.2, 0.25) is 18.1 Å². The molecule has 8 heteroatoms. The summed E-state index contributed by atoms with van der Waals surface area (Å²) < 4.78 is 17.6. The Kier molecular flexibility index (Phi) is 8.39. The third-order valence-electron chi connectivity index (χ3n) is 5.98. The van der Waals surface area contributed by atoms with E-state index in [9.17, 15) is 9.59 Å². The third kappa shape index (κ3) is 7.81. The van der Waals surface area contributed by atoms with E-state index < -0.39 is 20.0 Å². The highest BCUT2D eigenvalue weighted by Crippen LogP contribution is 2.38. The quantitative estimate of drug-likeness (QED) is 0.597. The zero-order valence-corrected chi connectivity index (χ0v) is 21.9. The summed E-state index contributed by atoms with van der Waals surface area (Å²) in [6.07, 6.45) is -0.597. The molecule has 2 amide bonds. The van der Waals surface area contributed by atoms with E-state index in [1.807, 2.05) is 51.1 Å². The molecule has 0 aromatic heterocycles. The van der Waals surface area contributed by atoms with Crippen LogP contribution in [0.4, 0.5) is 9.59 Å². The summed E-state index contributed by atoms with van der Waals surface area (Å²) in [6, 6.07) is 9.37. The molecule has 32 heavy (non-hydrogen) atoms. The minimum atomic E-state index is -2.14. The highest BCUT2D eigenvalue weighted by atomic mass is 28.4. The van der Waals surface area contributed by atoms with E-state index >= 15 is 0 Å². The van der Waals surface area contributed by atoms with Crippen molar-refractivity contribution in [1.29, 1.82) is 0 Å². The van der Waals surface area contributed by atoms with Crippen molar-refractivity contribution in [3.8, 4) is 0 Å². The van der Waals surface area contributed by atoms with Crippen LogP contribution in [0, 0.1) is 0 Å². The minimum Gasteiger partial charge on any atom is -0.445 e. The molecule has 1 aromatic rings. The first-order valence-electron chi connectivity index (χ1n) is 11.3. The second-order valence-corrected chi connectivity index (χ2v) is 15.7. The molecule has 0 unspecified atom stereocenters. The molecular weight excluding hydrogens is 424 g/mol. The number of carbonyl (C=O) groups excluding carboxylic acids is 2. The lowest BCUT2D eigenvalue weighted by atomic mass is 10.0. The largest absolute Gasteiger partial charge is 0.445 e. The first-order chi connectivity index (χ1) is 14.7. The van der Waals surface area contributed by atoms with Gasteiger partial charge in [0, 0.05) is 6.54 Å². The third-order valence-corrected chi connectivity index (χ3v) is 10.5. The topological polar surface area (TPSA) is 77.1 Å².